The average Bonchev–Trinajstić information content (AvgIpc) is 2.29. The molecular weight excluding hydrogens is 180 g/mol. The smallest absolute Gasteiger partial charge is 0.0420 e. The van der Waals surface area contributed by atoms with Gasteiger partial charge in [0.15, 0.2) is 0 Å². The molecule has 0 saturated heterocycles. The monoisotopic (exact) mass is 204 g/mol. The van der Waals surface area contributed by atoms with Crippen LogP contribution in [0.1, 0.15) is 40.0 Å². The topological polar surface area (TPSA) is 0 Å². The van der Waals surface area contributed by atoms with E-state index in [0.717, 1.165) is 19.3 Å². The van der Waals surface area contributed by atoms with Crippen molar-refractivity contribution in [2.75, 3.05) is 0 Å². The van der Waals surface area contributed by atoms with Crippen molar-refractivity contribution < 1.29 is 0 Å². The van der Waals surface area contributed by atoms with Gasteiger partial charge in [-0.1, -0.05) is 63.3 Å². The number of hydrogen-bond acceptors (Lipinski definition) is 0. The molecule has 0 unspecified atom stereocenters. The van der Waals surface area contributed by atoms with Crippen molar-refractivity contribution in [3.8, 4) is 0 Å². The minimum Gasteiger partial charge on any atom is -0.102 e. The highest BCUT2D eigenvalue weighted by Crippen LogP contribution is 2.25. The Kier molecular flexibility index (Phi) is 7.71. The maximum Gasteiger partial charge on any atom is 0.0420 e. The van der Waals surface area contributed by atoms with Crippen LogP contribution in [0, 0.1) is 5.41 Å². The second kappa shape index (κ2) is 8.28. The van der Waals surface area contributed by atoms with E-state index in [4.69, 9.17) is 0 Å². The molecule has 0 heteroatoms. The van der Waals surface area contributed by atoms with E-state index in [1.807, 2.05) is 6.08 Å². The lowest BCUT2D eigenvalue weighted by Crippen LogP contribution is -2.06. The third-order valence-electron chi connectivity index (χ3n) is 2.28. The summed E-state index contributed by atoms with van der Waals surface area (Å²) in [5, 5.41) is 0. The van der Waals surface area contributed by atoms with E-state index in [9.17, 15) is 0 Å². The Balaban J connectivity index is 4.91. The molecule has 0 aromatic carbocycles. The van der Waals surface area contributed by atoms with Crippen LogP contribution in [0.3, 0.4) is 0 Å². The summed E-state index contributed by atoms with van der Waals surface area (Å²) in [7, 11) is 0. The van der Waals surface area contributed by atoms with Crippen molar-refractivity contribution in [2.24, 2.45) is 5.41 Å². The van der Waals surface area contributed by atoms with Gasteiger partial charge in [-0.05, 0) is 19.3 Å². The maximum atomic E-state index is 3.94. The Morgan fingerprint density at radius 1 is 0.800 bits per heavy atom. The first-order valence-corrected chi connectivity index (χ1v) is 5.91. The minimum absolute atomic E-state index is 0.0813. The molecule has 0 aliphatic rings. The van der Waals surface area contributed by atoms with E-state index in [1.165, 1.54) is 0 Å². The zero-order valence-electron chi connectivity index (χ0n) is 10.4. The summed E-state index contributed by atoms with van der Waals surface area (Å²) in [6.07, 6.45) is 18.4. The van der Waals surface area contributed by atoms with Gasteiger partial charge in [0.05, 0.1) is 0 Å². The highest BCUT2D eigenvalue weighted by atomic mass is 14.2. The molecule has 0 aromatic heterocycles. The fourth-order valence-corrected chi connectivity index (χ4v) is 1.34. The van der Waals surface area contributed by atoms with Crippen LogP contribution in [0.25, 0.3) is 0 Å². The SMILES string of the molecule is C=CC(C=CCC)(C=CCC)C=CCC. The quantitative estimate of drug-likeness (QED) is 0.509. The van der Waals surface area contributed by atoms with Crippen molar-refractivity contribution >= 4 is 0 Å². The largest absolute Gasteiger partial charge is 0.102 e. The standard InChI is InChI=1S/C15H24/c1-5-9-12-15(8-4,13-10-6-2)14-11-7-3/h8-14H,4-7H2,1-3H3. The molecule has 0 atom stereocenters. The zero-order chi connectivity index (χ0) is 11.6. The molecule has 0 bridgehead atoms. The predicted molar refractivity (Wildman–Crippen MR) is 70.9 cm³/mol. The lowest BCUT2D eigenvalue weighted by molar-refractivity contribution is 0.805. The summed E-state index contributed by atoms with van der Waals surface area (Å²) in [4.78, 5) is 0. The molecule has 0 spiro atoms. The molecule has 0 N–H and O–H groups in total. The van der Waals surface area contributed by atoms with E-state index < -0.39 is 0 Å². The van der Waals surface area contributed by atoms with Crippen molar-refractivity contribution in [2.45, 2.75) is 40.0 Å². The molecule has 0 aromatic rings. The van der Waals surface area contributed by atoms with E-state index in [2.05, 4.69) is 63.8 Å². The first-order chi connectivity index (χ1) is 7.24. The van der Waals surface area contributed by atoms with E-state index in [-0.39, 0.29) is 5.41 Å². The lowest BCUT2D eigenvalue weighted by Gasteiger charge is -2.18. The molecule has 0 amide bonds. The van der Waals surface area contributed by atoms with Crippen LogP contribution in [-0.2, 0) is 0 Å². The van der Waals surface area contributed by atoms with E-state index >= 15 is 0 Å². The van der Waals surface area contributed by atoms with Crippen molar-refractivity contribution in [1.82, 2.24) is 0 Å². The first kappa shape index (κ1) is 14.0. The number of allylic oxidation sites excluding steroid dienone is 7. The van der Waals surface area contributed by atoms with Gasteiger partial charge in [-0.3, -0.25) is 0 Å². The van der Waals surface area contributed by atoms with E-state index in [0.29, 0.717) is 0 Å². The van der Waals surface area contributed by atoms with Gasteiger partial charge in [-0.25, -0.2) is 0 Å². The van der Waals surface area contributed by atoms with Gasteiger partial charge in [0.25, 0.3) is 0 Å². The Bertz CT molecular complexity index is 205. The summed E-state index contributed by atoms with van der Waals surface area (Å²) >= 11 is 0. The molecule has 84 valence electrons. The molecular formula is C15H24. The van der Waals surface area contributed by atoms with Crippen molar-refractivity contribution in [3.63, 3.8) is 0 Å². The minimum atomic E-state index is -0.0813. The van der Waals surface area contributed by atoms with Crippen LogP contribution >= 0.6 is 0 Å². The van der Waals surface area contributed by atoms with Crippen molar-refractivity contribution in [3.05, 3.63) is 49.1 Å². The molecule has 0 aliphatic carbocycles. The molecule has 0 heterocycles. The molecule has 0 fully saturated rings. The fourth-order valence-electron chi connectivity index (χ4n) is 1.34. The van der Waals surface area contributed by atoms with Crippen LogP contribution in [0.5, 0.6) is 0 Å². The average molecular weight is 204 g/mol. The summed E-state index contributed by atoms with van der Waals surface area (Å²) in [6.45, 7) is 10.4. The molecule has 0 nitrogen and oxygen atoms in total. The fraction of sp³-hybridized carbons (Fsp3) is 0.467. The van der Waals surface area contributed by atoms with E-state index in [1.54, 1.807) is 0 Å². The molecule has 15 heavy (non-hydrogen) atoms. The molecule has 0 saturated carbocycles. The second-order valence-electron chi connectivity index (χ2n) is 3.64. The first-order valence-electron chi connectivity index (χ1n) is 5.91. The number of hydrogen-bond donors (Lipinski definition) is 0. The summed E-state index contributed by atoms with van der Waals surface area (Å²) in [5.74, 6) is 0. The van der Waals surface area contributed by atoms with Crippen LogP contribution < -0.4 is 0 Å². The predicted octanol–water partition coefficient (Wildman–Crippen LogP) is 5.06. The summed E-state index contributed by atoms with van der Waals surface area (Å²) in [6, 6.07) is 0. The second-order valence-corrected chi connectivity index (χ2v) is 3.64. The van der Waals surface area contributed by atoms with Crippen LogP contribution in [-0.4, -0.2) is 0 Å². The summed E-state index contributed by atoms with van der Waals surface area (Å²) < 4.78 is 0. The summed E-state index contributed by atoms with van der Waals surface area (Å²) in [5.41, 5.74) is -0.0813. The maximum absolute atomic E-state index is 3.94. The van der Waals surface area contributed by atoms with Gasteiger partial charge in [0.2, 0.25) is 0 Å². The Morgan fingerprint density at radius 3 is 1.33 bits per heavy atom. The van der Waals surface area contributed by atoms with Gasteiger partial charge in [-0.2, -0.15) is 0 Å². The van der Waals surface area contributed by atoms with Gasteiger partial charge in [-0.15, -0.1) is 6.58 Å². The van der Waals surface area contributed by atoms with Crippen LogP contribution in [0.15, 0.2) is 49.1 Å². The van der Waals surface area contributed by atoms with Crippen LogP contribution in [0.2, 0.25) is 0 Å². The molecule has 0 radical (unpaired) electrons. The zero-order valence-corrected chi connectivity index (χ0v) is 10.4. The molecule has 0 rings (SSSR count). The van der Waals surface area contributed by atoms with Gasteiger partial charge in [0, 0.05) is 5.41 Å². The lowest BCUT2D eigenvalue weighted by atomic mass is 9.86. The third kappa shape index (κ3) is 5.41. The van der Waals surface area contributed by atoms with Gasteiger partial charge < -0.3 is 0 Å². The normalized spacial score (nSPS) is 16.5. The highest BCUT2D eigenvalue weighted by Gasteiger charge is 2.14. The third-order valence-corrected chi connectivity index (χ3v) is 2.28. The Morgan fingerprint density at radius 2 is 1.13 bits per heavy atom. The van der Waals surface area contributed by atoms with Crippen LogP contribution in [0.4, 0.5) is 0 Å². The Hall–Kier alpha value is -1.04. The highest BCUT2D eigenvalue weighted by molar-refractivity contribution is 5.28. The molecule has 0 aliphatic heterocycles. The van der Waals surface area contributed by atoms with Gasteiger partial charge in [0.1, 0.15) is 0 Å². The Labute approximate surface area is 95.1 Å². The van der Waals surface area contributed by atoms with Gasteiger partial charge >= 0.3 is 0 Å². The number of rotatable bonds is 7. The van der Waals surface area contributed by atoms with Crippen molar-refractivity contribution in [1.29, 1.82) is 0 Å².